The lowest BCUT2D eigenvalue weighted by molar-refractivity contribution is 0.0792. The maximum Gasteiger partial charge on any atom is 0.253 e. The summed E-state index contributed by atoms with van der Waals surface area (Å²) in [6.07, 6.45) is 2.17. The van der Waals surface area contributed by atoms with Crippen LogP contribution in [-0.4, -0.2) is 31.0 Å². The minimum absolute atomic E-state index is 0.0652. The number of carbonyl (C=O) groups excluding carboxylic acids is 1. The second-order valence-electron chi connectivity index (χ2n) is 5.64. The van der Waals surface area contributed by atoms with Crippen LogP contribution in [0.25, 0.3) is 0 Å². The van der Waals surface area contributed by atoms with Gasteiger partial charge in [-0.3, -0.25) is 4.79 Å². The van der Waals surface area contributed by atoms with Gasteiger partial charge in [0.2, 0.25) is 0 Å². The Morgan fingerprint density at radius 2 is 1.78 bits per heavy atom. The van der Waals surface area contributed by atoms with Crippen molar-refractivity contribution in [2.75, 3.05) is 20.2 Å². The van der Waals surface area contributed by atoms with Crippen molar-refractivity contribution in [3.63, 3.8) is 0 Å². The molecule has 0 atom stereocenters. The van der Waals surface area contributed by atoms with Crippen molar-refractivity contribution in [3.8, 4) is 11.5 Å². The van der Waals surface area contributed by atoms with Crippen molar-refractivity contribution < 1.29 is 14.3 Å². The summed E-state index contributed by atoms with van der Waals surface area (Å²) in [6.45, 7) is 2.15. The first-order chi connectivity index (χ1) is 11.3. The lowest BCUT2D eigenvalue weighted by Crippen LogP contribution is -2.27. The predicted octanol–water partition coefficient (Wildman–Crippen LogP) is 3.51. The van der Waals surface area contributed by atoms with Crippen LogP contribution in [0.5, 0.6) is 11.5 Å². The fraction of sp³-hybridized carbons (Fsp3) is 0.316. The second-order valence-corrected chi connectivity index (χ2v) is 5.64. The molecular weight excluding hydrogens is 290 g/mol. The molecule has 23 heavy (non-hydrogen) atoms. The summed E-state index contributed by atoms with van der Waals surface area (Å²) in [6, 6.07) is 15.3. The third-order valence-electron chi connectivity index (χ3n) is 4.04. The quantitative estimate of drug-likeness (QED) is 0.848. The lowest BCUT2D eigenvalue weighted by Gasteiger charge is -2.17. The number of benzene rings is 2. The second kappa shape index (κ2) is 7.18. The Bertz CT molecular complexity index is 664. The zero-order valence-electron chi connectivity index (χ0n) is 13.3. The Labute approximate surface area is 136 Å². The fourth-order valence-corrected chi connectivity index (χ4v) is 2.76. The molecule has 120 valence electrons. The van der Waals surface area contributed by atoms with Crippen molar-refractivity contribution in [1.29, 1.82) is 0 Å². The predicted molar refractivity (Wildman–Crippen MR) is 88.9 cm³/mol. The highest BCUT2D eigenvalue weighted by Crippen LogP contribution is 2.29. The summed E-state index contributed by atoms with van der Waals surface area (Å²) in [5.74, 6) is 1.30. The van der Waals surface area contributed by atoms with E-state index in [4.69, 9.17) is 9.47 Å². The van der Waals surface area contributed by atoms with Gasteiger partial charge in [0.15, 0.2) is 11.5 Å². The molecule has 0 bridgehead atoms. The van der Waals surface area contributed by atoms with E-state index in [1.165, 1.54) is 0 Å². The fourth-order valence-electron chi connectivity index (χ4n) is 2.76. The number of hydrogen-bond donors (Lipinski definition) is 0. The highest BCUT2D eigenvalue weighted by molar-refractivity contribution is 5.95. The van der Waals surface area contributed by atoms with Crippen LogP contribution >= 0.6 is 0 Å². The number of nitrogens with zero attached hydrogens (tertiary/aromatic N) is 1. The minimum Gasteiger partial charge on any atom is -0.493 e. The van der Waals surface area contributed by atoms with Crippen molar-refractivity contribution in [1.82, 2.24) is 4.90 Å². The van der Waals surface area contributed by atoms with Crippen LogP contribution in [0.2, 0.25) is 0 Å². The molecule has 0 N–H and O–H groups in total. The molecule has 1 aliphatic heterocycles. The highest BCUT2D eigenvalue weighted by Gasteiger charge is 2.20. The van der Waals surface area contributed by atoms with Crippen LogP contribution in [0.3, 0.4) is 0 Å². The molecule has 0 radical (unpaired) electrons. The van der Waals surface area contributed by atoms with Crippen LogP contribution in [-0.2, 0) is 6.61 Å². The molecule has 1 saturated heterocycles. The molecule has 0 unspecified atom stereocenters. The standard InChI is InChI=1S/C19H21NO3/c1-22-18-13-16(19(21)20-11-5-6-12-20)9-10-17(18)23-14-15-7-3-2-4-8-15/h2-4,7-10,13H,5-6,11-12,14H2,1H3. The average molecular weight is 311 g/mol. The van der Waals surface area contributed by atoms with Crippen LogP contribution in [0.4, 0.5) is 0 Å². The van der Waals surface area contributed by atoms with Gasteiger partial charge < -0.3 is 14.4 Å². The zero-order valence-corrected chi connectivity index (χ0v) is 13.3. The molecule has 2 aromatic carbocycles. The number of amides is 1. The number of hydrogen-bond acceptors (Lipinski definition) is 3. The minimum atomic E-state index is 0.0652. The van der Waals surface area contributed by atoms with Crippen LogP contribution in [0, 0.1) is 0 Å². The van der Waals surface area contributed by atoms with Crippen molar-refractivity contribution >= 4 is 5.91 Å². The summed E-state index contributed by atoms with van der Waals surface area (Å²) in [7, 11) is 1.59. The number of carbonyl (C=O) groups is 1. The number of ether oxygens (including phenoxy) is 2. The van der Waals surface area contributed by atoms with Crippen molar-refractivity contribution in [2.45, 2.75) is 19.4 Å². The van der Waals surface area contributed by atoms with E-state index < -0.39 is 0 Å². The van der Waals surface area contributed by atoms with Crippen molar-refractivity contribution in [3.05, 3.63) is 59.7 Å². The van der Waals surface area contributed by atoms with Gasteiger partial charge in [-0.15, -0.1) is 0 Å². The number of likely N-dealkylation sites (tertiary alicyclic amines) is 1. The van der Waals surface area contributed by atoms with E-state index in [1.54, 1.807) is 13.2 Å². The van der Waals surface area contributed by atoms with E-state index in [9.17, 15) is 4.79 Å². The maximum absolute atomic E-state index is 12.4. The van der Waals surface area contributed by atoms with E-state index in [2.05, 4.69) is 0 Å². The molecule has 0 saturated carbocycles. The third-order valence-corrected chi connectivity index (χ3v) is 4.04. The van der Waals surface area contributed by atoms with Gasteiger partial charge >= 0.3 is 0 Å². The molecule has 1 heterocycles. The smallest absolute Gasteiger partial charge is 0.253 e. The van der Waals surface area contributed by atoms with Gasteiger partial charge in [-0.05, 0) is 36.6 Å². The normalized spacial score (nSPS) is 13.9. The van der Waals surface area contributed by atoms with Gasteiger partial charge in [-0.2, -0.15) is 0 Å². The molecule has 0 spiro atoms. The van der Waals surface area contributed by atoms with E-state index in [0.717, 1.165) is 31.5 Å². The molecule has 1 amide bonds. The molecule has 2 aromatic rings. The first-order valence-electron chi connectivity index (χ1n) is 7.92. The van der Waals surface area contributed by atoms with Gasteiger partial charge in [0.1, 0.15) is 6.61 Å². The van der Waals surface area contributed by atoms with Crippen molar-refractivity contribution in [2.24, 2.45) is 0 Å². The van der Waals surface area contributed by atoms with Gasteiger partial charge in [0.05, 0.1) is 7.11 Å². The zero-order chi connectivity index (χ0) is 16.1. The first kappa shape index (κ1) is 15.4. The Morgan fingerprint density at radius 1 is 1.04 bits per heavy atom. The summed E-state index contributed by atoms with van der Waals surface area (Å²) < 4.78 is 11.2. The van der Waals surface area contributed by atoms with Gasteiger partial charge in [0, 0.05) is 18.7 Å². The maximum atomic E-state index is 12.4. The molecule has 4 nitrogen and oxygen atoms in total. The summed E-state index contributed by atoms with van der Waals surface area (Å²) in [4.78, 5) is 14.3. The highest BCUT2D eigenvalue weighted by atomic mass is 16.5. The Kier molecular flexibility index (Phi) is 4.81. The van der Waals surface area contributed by atoms with Gasteiger partial charge in [-0.1, -0.05) is 30.3 Å². The van der Waals surface area contributed by atoms with Gasteiger partial charge in [0.25, 0.3) is 5.91 Å². The molecule has 0 aliphatic carbocycles. The average Bonchev–Trinajstić information content (AvgIpc) is 3.14. The molecule has 1 fully saturated rings. The molecule has 0 aromatic heterocycles. The van der Waals surface area contributed by atoms with E-state index in [-0.39, 0.29) is 5.91 Å². The van der Waals surface area contributed by atoms with Crippen LogP contribution < -0.4 is 9.47 Å². The van der Waals surface area contributed by atoms with E-state index in [0.29, 0.717) is 23.7 Å². The summed E-state index contributed by atoms with van der Waals surface area (Å²) in [5, 5.41) is 0. The van der Waals surface area contributed by atoms with E-state index in [1.807, 2.05) is 47.4 Å². The molecule has 1 aliphatic rings. The lowest BCUT2D eigenvalue weighted by atomic mass is 10.1. The molecular formula is C19H21NO3. The largest absolute Gasteiger partial charge is 0.493 e. The number of methoxy groups -OCH3 is 1. The Balaban J connectivity index is 1.72. The van der Waals surface area contributed by atoms with E-state index >= 15 is 0 Å². The third kappa shape index (κ3) is 3.65. The summed E-state index contributed by atoms with van der Waals surface area (Å²) in [5.41, 5.74) is 1.74. The first-order valence-corrected chi connectivity index (χ1v) is 7.92. The van der Waals surface area contributed by atoms with Crippen LogP contribution in [0.1, 0.15) is 28.8 Å². The van der Waals surface area contributed by atoms with Crippen LogP contribution in [0.15, 0.2) is 48.5 Å². The Hall–Kier alpha value is -2.49. The topological polar surface area (TPSA) is 38.8 Å². The Morgan fingerprint density at radius 3 is 2.48 bits per heavy atom. The monoisotopic (exact) mass is 311 g/mol. The SMILES string of the molecule is COc1cc(C(=O)N2CCCC2)ccc1OCc1ccccc1. The molecule has 4 heteroatoms. The summed E-state index contributed by atoms with van der Waals surface area (Å²) >= 11 is 0. The molecule has 3 rings (SSSR count). The number of rotatable bonds is 5. The van der Waals surface area contributed by atoms with Gasteiger partial charge in [-0.25, -0.2) is 0 Å².